The molecule has 0 spiro atoms. The normalized spacial score (nSPS) is 11.9. The van der Waals surface area contributed by atoms with Crippen molar-refractivity contribution < 1.29 is 19.4 Å². The minimum absolute atomic E-state index is 0.0452. The predicted molar refractivity (Wildman–Crippen MR) is 74.9 cm³/mol. The van der Waals surface area contributed by atoms with Crippen LogP contribution in [0, 0.1) is 0 Å². The Bertz CT molecular complexity index is 450. The molecule has 1 atom stereocenters. The van der Waals surface area contributed by atoms with Crippen LogP contribution in [0.1, 0.15) is 17.3 Å². The Morgan fingerprint density at radius 2 is 2.11 bits per heavy atom. The number of para-hydroxylation sites is 1. The topological polar surface area (TPSA) is 89.6 Å². The van der Waals surface area contributed by atoms with Gasteiger partial charge in [-0.05, 0) is 19.1 Å². The molecule has 5 nitrogen and oxygen atoms in total. The number of Topliss-reactive ketones (excluding diaryl/α,β-unsaturated/α-hetero) is 1. The van der Waals surface area contributed by atoms with E-state index in [4.69, 9.17) is 15.6 Å². The van der Waals surface area contributed by atoms with Crippen molar-refractivity contribution in [3.63, 3.8) is 0 Å². The quantitative estimate of drug-likeness (QED) is 0.554. The largest absolute Gasteiger partial charge is 0.492 e. The number of hydrogen-bond acceptors (Lipinski definition) is 5. The van der Waals surface area contributed by atoms with E-state index in [1.165, 1.54) is 18.7 Å². The fraction of sp³-hybridized carbons (Fsp3) is 0.385. The van der Waals surface area contributed by atoms with E-state index >= 15 is 0 Å². The van der Waals surface area contributed by atoms with Gasteiger partial charge in [-0.25, -0.2) is 0 Å². The molecule has 0 aliphatic rings. The molecule has 1 rings (SSSR count). The fourth-order valence-electron chi connectivity index (χ4n) is 1.38. The van der Waals surface area contributed by atoms with Crippen molar-refractivity contribution in [3.05, 3.63) is 29.8 Å². The van der Waals surface area contributed by atoms with Crippen LogP contribution in [-0.4, -0.2) is 41.0 Å². The molecule has 0 saturated carbocycles. The third kappa shape index (κ3) is 5.32. The number of thioether (sulfide) groups is 1. The molecule has 0 radical (unpaired) electrons. The highest BCUT2D eigenvalue weighted by molar-refractivity contribution is 7.99. The van der Waals surface area contributed by atoms with Crippen molar-refractivity contribution in [3.8, 4) is 5.75 Å². The maximum atomic E-state index is 11.4. The molecule has 0 aliphatic heterocycles. The fourth-order valence-corrected chi connectivity index (χ4v) is 2.14. The van der Waals surface area contributed by atoms with Crippen LogP contribution in [0.4, 0.5) is 0 Å². The van der Waals surface area contributed by atoms with Gasteiger partial charge >= 0.3 is 5.97 Å². The molecule has 0 amide bonds. The van der Waals surface area contributed by atoms with Crippen LogP contribution < -0.4 is 10.5 Å². The van der Waals surface area contributed by atoms with Crippen LogP contribution in [0.2, 0.25) is 0 Å². The molecule has 0 fully saturated rings. The standard InChI is InChI=1S/C13H17NO4S/c1-9(15)10-4-2-3-5-12(10)18-6-7-19-8-11(14)13(16)17/h2-5,11H,6-8,14H2,1H3,(H,16,17)/t11-/m1/s1. The van der Waals surface area contributed by atoms with Crippen LogP contribution in [-0.2, 0) is 4.79 Å². The molecule has 0 unspecified atom stereocenters. The third-order valence-electron chi connectivity index (χ3n) is 2.37. The Balaban J connectivity index is 2.34. The molecular formula is C13H17NO4S. The molecule has 19 heavy (non-hydrogen) atoms. The zero-order valence-corrected chi connectivity index (χ0v) is 11.5. The van der Waals surface area contributed by atoms with E-state index in [2.05, 4.69) is 0 Å². The second-order valence-electron chi connectivity index (χ2n) is 3.92. The molecule has 3 N–H and O–H groups in total. The summed E-state index contributed by atoms with van der Waals surface area (Å²) in [6.07, 6.45) is 0. The summed E-state index contributed by atoms with van der Waals surface area (Å²) in [6, 6.07) is 6.18. The summed E-state index contributed by atoms with van der Waals surface area (Å²) in [7, 11) is 0. The zero-order valence-electron chi connectivity index (χ0n) is 10.7. The Hall–Kier alpha value is -1.53. The van der Waals surface area contributed by atoms with E-state index in [1.54, 1.807) is 24.3 Å². The number of aliphatic carboxylic acids is 1. The first-order valence-electron chi connectivity index (χ1n) is 5.81. The van der Waals surface area contributed by atoms with Crippen LogP contribution in [0.25, 0.3) is 0 Å². The Morgan fingerprint density at radius 1 is 1.42 bits per heavy atom. The molecule has 0 aromatic heterocycles. The van der Waals surface area contributed by atoms with Crippen molar-refractivity contribution in [2.24, 2.45) is 5.73 Å². The molecule has 0 bridgehead atoms. The van der Waals surface area contributed by atoms with E-state index < -0.39 is 12.0 Å². The first kappa shape index (κ1) is 15.5. The van der Waals surface area contributed by atoms with Crippen LogP contribution in [0.5, 0.6) is 5.75 Å². The number of rotatable bonds is 8. The lowest BCUT2D eigenvalue weighted by molar-refractivity contribution is -0.137. The van der Waals surface area contributed by atoms with Crippen molar-refractivity contribution in [1.82, 2.24) is 0 Å². The van der Waals surface area contributed by atoms with E-state index in [0.717, 1.165) is 0 Å². The Labute approximate surface area is 116 Å². The molecule has 6 heteroatoms. The van der Waals surface area contributed by atoms with E-state index in [9.17, 15) is 9.59 Å². The van der Waals surface area contributed by atoms with E-state index in [0.29, 0.717) is 29.4 Å². The van der Waals surface area contributed by atoms with Crippen molar-refractivity contribution in [2.75, 3.05) is 18.1 Å². The lowest BCUT2D eigenvalue weighted by Crippen LogP contribution is -2.32. The number of ether oxygens (including phenoxy) is 1. The first-order valence-corrected chi connectivity index (χ1v) is 6.96. The Kier molecular flexibility index (Phi) is 6.38. The lowest BCUT2D eigenvalue weighted by Gasteiger charge is -2.10. The number of ketones is 1. The summed E-state index contributed by atoms with van der Waals surface area (Å²) in [5.41, 5.74) is 5.92. The van der Waals surface area contributed by atoms with Gasteiger partial charge in [0, 0.05) is 11.5 Å². The van der Waals surface area contributed by atoms with Crippen molar-refractivity contribution in [1.29, 1.82) is 0 Å². The van der Waals surface area contributed by atoms with Gasteiger partial charge in [-0.3, -0.25) is 9.59 Å². The Morgan fingerprint density at radius 3 is 2.74 bits per heavy atom. The number of nitrogens with two attached hydrogens (primary N) is 1. The number of carboxylic acids is 1. The molecule has 104 valence electrons. The van der Waals surface area contributed by atoms with Crippen molar-refractivity contribution in [2.45, 2.75) is 13.0 Å². The van der Waals surface area contributed by atoms with Gasteiger partial charge in [-0.1, -0.05) is 12.1 Å². The predicted octanol–water partition coefficient (Wildman–Crippen LogP) is 1.41. The second-order valence-corrected chi connectivity index (χ2v) is 5.07. The molecule has 0 heterocycles. The van der Waals surface area contributed by atoms with Crippen LogP contribution in [0.3, 0.4) is 0 Å². The number of benzene rings is 1. The van der Waals surface area contributed by atoms with E-state index in [-0.39, 0.29) is 5.78 Å². The van der Waals surface area contributed by atoms with Gasteiger partial charge in [0.1, 0.15) is 11.8 Å². The van der Waals surface area contributed by atoms with Crippen LogP contribution >= 0.6 is 11.8 Å². The summed E-state index contributed by atoms with van der Waals surface area (Å²) in [5.74, 6) is 0.463. The average Bonchev–Trinajstić information content (AvgIpc) is 2.38. The minimum atomic E-state index is -1.00. The molecule has 1 aromatic rings. The number of carboxylic acid groups (broad SMARTS) is 1. The number of hydrogen-bond donors (Lipinski definition) is 2. The van der Waals surface area contributed by atoms with Crippen LogP contribution in [0.15, 0.2) is 24.3 Å². The summed E-state index contributed by atoms with van der Waals surface area (Å²) >= 11 is 1.41. The molecule has 1 aromatic carbocycles. The van der Waals surface area contributed by atoms with Gasteiger partial charge in [0.25, 0.3) is 0 Å². The molecule has 0 saturated heterocycles. The van der Waals surface area contributed by atoms with Crippen molar-refractivity contribution >= 4 is 23.5 Å². The summed E-state index contributed by atoms with van der Waals surface area (Å²) in [6.45, 7) is 1.89. The summed E-state index contributed by atoms with van der Waals surface area (Å²) in [4.78, 5) is 21.8. The second kappa shape index (κ2) is 7.81. The smallest absolute Gasteiger partial charge is 0.321 e. The third-order valence-corrected chi connectivity index (χ3v) is 3.42. The summed E-state index contributed by atoms with van der Waals surface area (Å²) < 4.78 is 5.51. The van der Waals surface area contributed by atoms with Gasteiger partial charge in [-0.15, -0.1) is 0 Å². The SMILES string of the molecule is CC(=O)c1ccccc1OCCSC[C@@H](N)C(=O)O. The average molecular weight is 283 g/mol. The highest BCUT2D eigenvalue weighted by Gasteiger charge is 2.11. The van der Waals surface area contributed by atoms with Gasteiger partial charge in [0.15, 0.2) is 5.78 Å². The molecular weight excluding hydrogens is 266 g/mol. The molecule has 0 aliphatic carbocycles. The lowest BCUT2D eigenvalue weighted by atomic mass is 10.1. The number of carbonyl (C=O) groups excluding carboxylic acids is 1. The number of carbonyl (C=O) groups is 2. The van der Waals surface area contributed by atoms with Gasteiger partial charge in [0.05, 0.1) is 12.2 Å². The van der Waals surface area contributed by atoms with E-state index in [1.807, 2.05) is 0 Å². The highest BCUT2D eigenvalue weighted by Crippen LogP contribution is 2.18. The maximum Gasteiger partial charge on any atom is 0.321 e. The van der Waals surface area contributed by atoms with Gasteiger partial charge in [-0.2, -0.15) is 11.8 Å². The minimum Gasteiger partial charge on any atom is -0.492 e. The van der Waals surface area contributed by atoms with Gasteiger partial charge < -0.3 is 15.6 Å². The first-order chi connectivity index (χ1) is 9.02. The summed E-state index contributed by atoms with van der Waals surface area (Å²) in [5, 5.41) is 8.61. The van der Waals surface area contributed by atoms with Gasteiger partial charge in [0.2, 0.25) is 0 Å². The zero-order chi connectivity index (χ0) is 14.3. The maximum absolute atomic E-state index is 11.4. The highest BCUT2D eigenvalue weighted by atomic mass is 32.2. The monoisotopic (exact) mass is 283 g/mol.